The number of halogens is 2. The van der Waals surface area contributed by atoms with E-state index in [1.54, 1.807) is 60.7 Å². The van der Waals surface area contributed by atoms with Gasteiger partial charge in [0.1, 0.15) is 11.9 Å². The molecule has 0 spiro atoms. The van der Waals surface area contributed by atoms with Gasteiger partial charge in [-0.15, -0.1) is 0 Å². The molecule has 0 radical (unpaired) electrons. The molecule has 6 nitrogen and oxygen atoms in total. The zero-order valence-corrected chi connectivity index (χ0v) is 27.6. The quantitative estimate of drug-likeness (QED) is 0.170. The monoisotopic (exact) mass is 738 g/mol. The Bertz CT molecular complexity index is 1880. The molecule has 0 aromatic heterocycles. The molecule has 0 amide bonds. The van der Waals surface area contributed by atoms with Crippen LogP contribution >= 0.6 is 31.9 Å². The Morgan fingerprint density at radius 3 is 1.87 bits per heavy atom. The van der Waals surface area contributed by atoms with E-state index in [-0.39, 0.29) is 6.61 Å². The third-order valence-electron chi connectivity index (χ3n) is 9.00. The van der Waals surface area contributed by atoms with Gasteiger partial charge in [0, 0.05) is 20.4 Å². The summed E-state index contributed by atoms with van der Waals surface area (Å²) < 4.78 is 21.1. The maximum absolute atomic E-state index is 13.9. The van der Waals surface area contributed by atoms with E-state index in [9.17, 15) is 14.7 Å². The Kier molecular flexibility index (Phi) is 8.05. The zero-order valence-electron chi connectivity index (χ0n) is 24.4. The molecule has 1 N–H and O–H groups in total. The summed E-state index contributed by atoms with van der Waals surface area (Å²) in [6.45, 7) is -0.133. The van der Waals surface area contributed by atoms with Crippen molar-refractivity contribution >= 4 is 43.8 Å². The molecule has 5 atom stereocenters. The Morgan fingerprint density at radius 2 is 1.24 bits per heavy atom. The zero-order chi connectivity index (χ0) is 31.9. The van der Waals surface area contributed by atoms with E-state index in [0.29, 0.717) is 28.0 Å². The van der Waals surface area contributed by atoms with Crippen LogP contribution in [0, 0.1) is 5.92 Å². The van der Waals surface area contributed by atoms with Crippen LogP contribution in [0.3, 0.4) is 0 Å². The van der Waals surface area contributed by atoms with E-state index < -0.39 is 41.1 Å². The van der Waals surface area contributed by atoms with E-state index in [4.69, 9.17) is 14.2 Å². The summed E-state index contributed by atoms with van der Waals surface area (Å²) in [6.07, 6.45) is -1.13. The van der Waals surface area contributed by atoms with E-state index in [1.807, 2.05) is 72.8 Å². The second-order valence-electron chi connectivity index (χ2n) is 11.4. The summed E-state index contributed by atoms with van der Waals surface area (Å²) in [5.41, 5.74) is -0.679. The Morgan fingerprint density at radius 1 is 0.696 bits per heavy atom. The Balaban J connectivity index is 1.42. The van der Waals surface area contributed by atoms with Gasteiger partial charge >= 0.3 is 11.9 Å². The first-order valence-electron chi connectivity index (χ1n) is 14.8. The number of ether oxygens (including phenoxy) is 3. The fourth-order valence-corrected chi connectivity index (χ4v) is 7.54. The van der Waals surface area contributed by atoms with Gasteiger partial charge in [0.15, 0.2) is 11.2 Å². The number of hydrogen-bond donors (Lipinski definition) is 1. The second-order valence-corrected chi connectivity index (χ2v) is 13.3. The van der Waals surface area contributed by atoms with E-state index in [0.717, 1.165) is 14.5 Å². The molecule has 1 aliphatic heterocycles. The first-order chi connectivity index (χ1) is 22.3. The van der Waals surface area contributed by atoms with Gasteiger partial charge in [-0.25, -0.2) is 9.59 Å². The van der Waals surface area contributed by atoms with Crippen molar-refractivity contribution < 1.29 is 28.9 Å². The van der Waals surface area contributed by atoms with Crippen LogP contribution in [0.1, 0.15) is 43.3 Å². The molecule has 230 valence electrons. The number of aliphatic hydroxyl groups is 1. The molecule has 0 bridgehead atoms. The SMILES string of the molecule is O=C(OC[C@H]1[C@H](c2ccccc2)[C@@H](OC(=O)c2ccc(Br)cc2)[C@@]2(O)c3ccccc3O[C@@]12c1ccccc1)c1ccc(Br)cc1. The van der Waals surface area contributed by atoms with Crippen LogP contribution < -0.4 is 4.74 Å². The fourth-order valence-electron chi connectivity index (χ4n) is 7.01. The Hall–Kier alpha value is -4.24. The highest BCUT2D eigenvalue weighted by Crippen LogP contribution is 2.68. The van der Waals surface area contributed by atoms with Crippen LogP contribution in [0.15, 0.2) is 142 Å². The summed E-state index contributed by atoms with van der Waals surface area (Å²) in [7, 11) is 0. The maximum atomic E-state index is 13.9. The lowest BCUT2D eigenvalue weighted by molar-refractivity contribution is -0.161. The molecule has 1 aliphatic carbocycles. The molecular formula is C38H28Br2O6. The van der Waals surface area contributed by atoms with E-state index in [2.05, 4.69) is 31.9 Å². The van der Waals surface area contributed by atoms with Gasteiger partial charge < -0.3 is 19.3 Å². The molecular weight excluding hydrogens is 712 g/mol. The van der Waals surface area contributed by atoms with Crippen molar-refractivity contribution in [3.05, 3.63) is 170 Å². The van der Waals surface area contributed by atoms with Gasteiger partial charge in [0.25, 0.3) is 0 Å². The second kappa shape index (κ2) is 12.2. The summed E-state index contributed by atoms with van der Waals surface area (Å²) in [5, 5.41) is 13.3. The first-order valence-corrected chi connectivity index (χ1v) is 16.4. The minimum Gasteiger partial charge on any atom is -0.478 e. The number of fused-ring (bicyclic) bond motifs is 3. The van der Waals surface area contributed by atoms with Crippen molar-refractivity contribution in [3.63, 3.8) is 0 Å². The highest BCUT2D eigenvalue weighted by molar-refractivity contribution is 9.10. The third kappa shape index (κ3) is 4.96. The van der Waals surface area contributed by atoms with Gasteiger partial charge in [-0.1, -0.05) is 111 Å². The van der Waals surface area contributed by atoms with Crippen LogP contribution in [0.4, 0.5) is 0 Å². The van der Waals surface area contributed by atoms with Gasteiger partial charge in [-0.2, -0.15) is 0 Å². The molecule has 2 aliphatic rings. The first kappa shape index (κ1) is 30.4. The maximum Gasteiger partial charge on any atom is 0.338 e. The number of para-hydroxylation sites is 1. The average Bonchev–Trinajstić information content (AvgIpc) is 3.47. The minimum atomic E-state index is -1.87. The predicted molar refractivity (Wildman–Crippen MR) is 180 cm³/mol. The number of carbonyl (C=O) groups is 2. The molecule has 1 fully saturated rings. The van der Waals surface area contributed by atoms with Crippen LogP contribution in [-0.4, -0.2) is 29.8 Å². The summed E-state index contributed by atoms with van der Waals surface area (Å²) in [6, 6.07) is 40.0. The lowest BCUT2D eigenvalue weighted by Gasteiger charge is -2.40. The number of esters is 2. The molecule has 1 heterocycles. The van der Waals surface area contributed by atoms with Crippen molar-refractivity contribution in [1.29, 1.82) is 0 Å². The van der Waals surface area contributed by atoms with Gasteiger partial charge in [0.05, 0.1) is 23.7 Å². The van der Waals surface area contributed by atoms with Crippen molar-refractivity contribution in [2.75, 3.05) is 6.61 Å². The number of benzene rings is 5. The molecule has 1 saturated carbocycles. The summed E-state index contributed by atoms with van der Waals surface area (Å²) in [5.74, 6) is -1.98. The summed E-state index contributed by atoms with van der Waals surface area (Å²) in [4.78, 5) is 27.3. The number of rotatable bonds is 7. The fraction of sp³-hybridized carbons (Fsp3) is 0.158. The highest BCUT2D eigenvalue weighted by atomic mass is 79.9. The largest absolute Gasteiger partial charge is 0.478 e. The predicted octanol–water partition coefficient (Wildman–Crippen LogP) is 8.18. The van der Waals surface area contributed by atoms with Crippen molar-refractivity contribution in [1.82, 2.24) is 0 Å². The Labute approximate surface area is 283 Å². The number of hydrogen-bond acceptors (Lipinski definition) is 6. The van der Waals surface area contributed by atoms with E-state index in [1.165, 1.54) is 0 Å². The van der Waals surface area contributed by atoms with E-state index >= 15 is 0 Å². The normalized spacial score (nSPS) is 24.4. The van der Waals surface area contributed by atoms with Gasteiger partial charge in [-0.05, 0) is 65.7 Å². The molecule has 0 unspecified atom stereocenters. The van der Waals surface area contributed by atoms with Crippen LogP contribution in [-0.2, 0) is 20.7 Å². The topological polar surface area (TPSA) is 82.1 Å². The molecule has 5 aromatic rings. The third-order valence-corrected chi connectivity index (χ3v) is 10.1. The molecule has 7 rings (SSSR count). The number of carbonyl (C=O) groups excluding carboxylic acids is 2. The smallest absolute Gasteiger partial charge is 0.338 e. The molecule has 0 saturated heterocycles. The van der Waals surface area contributed by atoms with Crippen LogP contribution in [0.25, 0.3) is 0 Å². The summed E-state index contributed by atoms with van der Waals surface area (Å²) >= 11 is 6.84. The lowest BCUT2D eigenvalue weighted by Crippen LogP contribution is -2.54. The molecule has 46 heavy (non-hydrogen) atoms. The minimum absolute atomic E-state index is 0.133. The lowest BCUT2D eigenvalue weighted by atomic mass is 9.73. The van der Waals surface area contributed by atoms with Crippen molar-refractivity contribution in [2.24, 2.45) is 5.92 Å². The van der Waals surface area contributed by atoms with Crippen LogP contribution in [0.5, 0.6) is 5.75 Å². The molecule has 5 aromatic carbocycles. The average molecular weight is 740 g/mol. The van der Waals surface area contributed by atoms with Crippen LogP contribution in [0.2, 0.25) is 0 Å². The van der Waals surface area contributed by atoms with Gasteiger partial charge in [0.2, 0.25) is 0 Å². The van der Waals surface area contributed by atoms with Crippen molar-refractivity contribution in [3.8, 4) is 5.75 Å². The molecule has 8 heteroatoms. The highest BCUT2D eigenvalue weighted by Gasteiger charge is 2.77. The standard InChI is InChI=1S/C38H28Br2O6/c39-28-19-15-25(16-20-28)35(41)44-23-31-33(24-9-3-1-4-10-24)34(45-36(42)26-17-21-29(40)22-18-26)37(43)30-13-7-8-14-32(30)46-38(31,37)27-11-5-2-6-12-27/h1-22,31,33-34,43H,23H2/t31-,33-,34+,37-,38-/m0/s1. The van der Waals surface area contributed by atoms with Crippen molar-refractivity contribution in [2.45, 2.75) is 23.2 Å². The van der Waals surface area contributed by atoms with Gasteiger partial charge in [-0.3, -0.25) is 0 Å².